The number of hydrogen-bond acceptors (Lipinski definition) is 6. The summed E-state index contributed by atoms with van der Waals surface area (Å²) >= 11 is 6.56. The number of pyridine rings is 1. The number of aryl methyl sites for hydroxylation is 1. The molecule has 1 N–H and O–H groups in total. The van der Waals surface area contributed by atoms with Crippen molar-refractivity contribution in [3.8, 4) is 0 Å². The second-order valence-corrected chi connectivity index (χ2v) is 9.91. The summed E-state index contributed by atoms with van der Waals surface area (Å²) < 4.78 is 15.1. The molecule has 1 saturated heterocycles. The first-order valence-corrected chi connectivity index (χ1v) is 11.7. The quantitative estimate of drug-likeness (QED) is 0.409. The first kappa shape index (κ1) is 23.1. The van der Waals surface area contributed by atoms with Crippen LogP contribution in [0.4, 0.5) is 10.2 Å². The molecule has 0 radical (unpaired) electrons. The van der Waals surface area contributed by atoms with Crippen LogP contribution in [0.5, 0.6) is 0 Å². The lowest BCUT2D eigenvalue weighted by Gasteiger charge is -2.14. The monoisotopic (exact) mass is 482 g/mol. The number of thiocarbonyl (C=S) groups is 1. The molecular formula is C24H23FN4O2S2. The number of carbonyl (C=O) groups is 1. The van der Waals surface area contributed by atoms with E-state index in [2.05, 4.69) is 19.2 Å². The van der Waals surface area contributed by atoms with Gasteiger partial charge in [0.05, 0.1) is 17.0 Å². The Labute approximate surface area is 200 Å². The van der Waals surface area contributed by atoms with Crippen molar-refractivity contribution >= 4 is 51.7 Å². The molecule has 0 saturated carbocycles. The van der Waals surface area contributed by atoms with E-state index in [0.717, 1.165) is 22.9 Å². The number of fused-ring (bicyclic) bond motifs is 1. The van der Waals surface area contributed by atoms with E-state index >= 15 is 0 Å². The summed E-state index contributed by atoms with van der Waals surface area (Å²) in [5, 5.41) is 3.26. The van der Waals surface area contributed by atoms with Gasteiger partial charge < -0.3 is 5.32 Å². The number of nitrogens with one attached hydrogen (secondary N) is 1. The fourth-order valence-electron chi connectivity index (χ4n) is 3.42. The molecule has 0 atom stereocenters. The Kier molecular flexibility index (Phi) is 6.62. The third-order valence-electron chi connectivity index (χ3n) is 5.17. The molecule has 1 aromatic carbocycles. The molecule has 3 heterocycles. The number of carbonyl (C=O) groups excluding carboxylic acids is 1. The number of nitrogens with zero attached hydrogens (tertiary/aromatic N) is 3. The Hall–Kier alpha value is -3.04. The van der Waals surface area contributed by atoms with Gasteiger partial charge in [0.25, 0.3) is 11.5 Å². The first-order chi connectivity index (χ1) is 15.7. The lowest BCUT2D eigenvalue weighted by Crippen LogP contribution is -2.27. The normalized spacial score (nSPS) is 15.3. The van der Waals surface area contributed by atoms with Crippen LogP contribution in [0.15, 0.2) is 52.3 Å². The van der Waals surface area contributed by atoms with Crippen molar-refractivity contribution < 1.29 is 9.18 Å². The molecule has 170 valence electrons. The Morgan fingerprint density at radius 3 is 2.64 bits per heavy atom. The van der Waals surface area contributed by atoms with E-state index in [0.29, 0.717) is 38.7 Å². The molecular weight excluding hydrogens is 459 g/mol. The lowest BCUT2D eigenvalue weighted by molar-refractivity contribution is -0.122. The summed E-state index contributed by atoms with van der Waals surface area (Å²) in [5.41, 5.74) is 2.24. The second kappa shape index (κ2) is 9.44. The Balaban J connectivity index is 1.74. The van der Waals surface area contributed by atoms with Crippen molar-refractivity contribution in [2.24, 2.45) is 5.92 Å². The molecule has 0 bridgehead atoms. The number of rotatable bonds is 6. The number of thioether (sulfide) groups is 1. The lowest BCUT2D eigenvalue weighted by atomic mass is 10.2. The highest BCUT2D eigenvalue weighted by Crippen LogP contribution is 2.34. The predicted molar refractivity (Wildman–Crippen MR) is 135 cm³/mol. The van der Waals surface area contributed by atoms with Crippen LogP contribution in [-0.2, 0) is 11.3 Å². The molecule has 9 heteroatoms. The van der Waals surface area contributed by atoms with Gasteiger partial charge in [-0.3, -0.25) is 18.9 Å². The van der Waals surface area contributed by atoms with Crippen LogP contribution < -0.4 is 10.9 Å². The summed E-state index contributed by atoms with van der Waals surface area (Å²) in [6.45, 7) is 6.88. The van der Waals surface area contributed by atoms with E-state index in [1.165, 1.54) is 21.4 Å². The third-order valence-corrected chi connectivity index (χ3v) is 6.54. The van der Waals surface area contributed by atoms with Crippen LogP contribution in [0.2, 0.25) is 0 Å². The average Bonchev–Trinajstić information content (AvgIpc) is 3.04. The largest absolute Gasteiger partial charge is 0.369 e. The van der Waals surface area contributed by atoms with E-state index in [1.807, 2.05) is 13.0 Å². The Bertz CT molecular complexity index is 1330. The molecule has 2 aromatic heterocycles. The van der Waals surface area contributed by atoms with Crippen molar-refractivity contribution in [2.75, 3.05) is 11.9 Å². The molecule has 0 unspecified atom stereocenters. The number of benzene rings is 1. The minimum absolute atomic E-state index is 0.231. The highest BCUT2D eigenvalue weighted by atomic mass is 32.2. The summed E-state index contributed by atoms with van der Waals surface area (Å²) in [5.74, 6) is 0.138. The van der Waals surface area contributed by atoms with Crippen molar-refractivity contribution in [3.05, 3.63) is 80.4 Å². The minimum atomic E-state index is -0.343. The van der Waals surface area contributed by atoms with Crippen LogP contribution in [0.3, 0.4) is 0 Å². The third kappa shape index (κ3) is 4.84. The van der Waals surface area contributed by atoms with Gasteiger partial charge in [-0.1, -0.05) is 56.0 Å². The molecule has 1 fully saturated rings. The van der Waals surface area contributed by atoms with Gasteiger partial charge in [0.15, 0.2) is 0 Å². The first-order valence-electron chi connectivity index (χ1n) is 10.5. The van der Waals surface area contributed by atoms with Crippen LogP contribution in [-0.4, -0.2) is 31.1 Å². The number of amides is 1. The number of anilines is 1. The van der Waals surface area contributed by atoms with Crippen LogP contribution >= 0.6 is 24.0 Å². The van der Waals surface area contributed by atoms with Gasteiger partial charge in [-0.2, -0.15) is 0 Å². The van der Waals surface area contributed by atoms with E-state index in [1.54, 1.807) is 30.5 Å². The molecule has 33 heavy (non-hydrogen) atoms. The zero-order chi connectivity index (χ0) is 23.7. The fourth-order valence-corrected chi connectivity index (χ4v) is 4.65. The molecule has 1 amide bonds. The predicted octanol–water partition coefficient (Wildman–Crippen LogP) is 4.61. The topological polar surface area (TPSA) is 66.7 Å². The molecule has 1 aliphatic heterocycles. The maximum absolute atomic E-state index is 13.4. The van der Waals surface area contributed by atoms with Gasteiger partial charge in [-0.25, -0.2) is 9.37 Å². The highest BCUT2D eigenvalue weighted by Gasteiger charge is 2.32. The van der Waals surface area contributed by atoms with Gasteiger partial charge >= 0.3 is 0 Å². The summed E-state index contributed by atoms with van der Waals surface area (Å²) in [4.78, 5) is 33.0. The van der Waals surface area contributed by atoms with Crippen molar-refractivity contribution in [3.63, 3.8) is 0 Å². The van der Waals surface area contributed by atoms with E-state index in [9.17, 15) is 14.0 Å². The van der Waals surface area contributed by atoms with Crippen LogP contribution in [0.25, 0.3) is 11.7 Å². The summed E-state index contributed by atoms with van der Waals surface area (Å²) in [6, 6.07) is 9.62. The zero-order valence-electron chi connectivity index (χ0n) is 18.5. The van der Waals surface area contributed by atoms with Crippen molar-refractivity contribution in [1.29, 1.82) is 0 Å². The minimum Gasteiger partial charge on any atom is -0.369 e. The maximum atomic E-state index is 13.4. The van der Waals surface area contributed by atoms with Crippen molar-refractivity contribution in [1.82, 2.24) is 14.3 Å². The van der Waals surface area contributed by atoms with E-state index in [4.69, 9.17) is 17.2 Å². The summed E-state index contributed by atoms with van der Waals surface area (Å²) in [6.07, 6.45) is 3.23. The average molecular weight is 483 g/mol. The number of halogens is 1. The highest BCUT2D eigenvalue weighted by molar-refractivity contribution is 8.26. The van der Waals surface area contributed by atoms with E-state index in [-0.39, 0.29) is 23.8 Å². The molecule has 0 aliphatic carbocycles. The fraction of sp³-hybridized carbons (Fsp3) is 0.250. The summed E-state index contributed by atoms with van der Waals surface area (Å²) in [7, 11) is 0. The van der Waals surface area contributed by atoms with Crippen LogP contribution in [0, 0.1) is 18.7 Å². The molecule has 4 rings (SSSR count). The van der Waals surface area contributed by atoms with Gasteiger partial charge in [0, 0.05) is 12.7 Å². The Morgan fingerprint density at radius 2 is 1.94 bits per heavy atom. The van der Waals surface area contributed by atoms with Gasteiger partial charge in [0.1, 0.15) is 21.6 Å². The van der Waals surface area contributed by atoms with Crippen molar-refractivity contribution in [2.45, 2.75) is 27.3 Å². The smallest absolute Gasteiger partial charge is 0.267 e. The molecule has 1 aliphatic rings. The number of hydrogen-bond donors (Lipinski definition) is 1. The number of aromatic nitrogens is 2. The molecule has 3 aromatic rings. The zero-order valence-corrected chi connectivity index (χ0v) is 20.1. The maximum Gasteiger partial charge on any atom is 0.267 e. The Morgan fingerprint density at radius 1 is 1.21 bits per heavy atom. The van der Waals surface area contributed by atoms with Gasteiger partial charge in [-0.05, 0) is 48.2 Å². The van der Waals surface area contributed by atoms with Crippen LogP contribution in [0.1, 0.15) is 30.5 Å². The molecule has 0 spiro atoms. The van der Waals surface area contributed by atoms with E-state index < -0.39 is 0 Å². The molecule has 6 nitrogen and oxygen atoms in total. The SMILES string of the molecule is Cc1cccn2c(=O)c(/C=C3\SC(=S)N(Cc4ccc(F)cc4)C3=O)c(NCC(C)C)nc12. The van der Waals surface area contributed by atoms with Gasteiger partial charge in [-0.15, -0.1) is 0 Å². The van der Waals surface area contributed by atoms with Gasteiger partial charge in [0.2, 0.25) is 0 Å². The second-order valence-electron chi connectivity index (χ2n) is 8.23. The standard InChI is InChI=1S/C24H23FN4O2S2/c1-14(2)12-26-20-18(22(30)28-10-4-5-15(3)21(28)27-20)11-19-23(31)29(24(32)33-19)13-16-6-8-17(25)9-7-16/h4-11,14,26H,12-13H2,1-3H3/b19-11-.